The lowest BCUT2D eigenvalue weighted by Crippen LogP contribution is -2.36. The highest BCUT2D eigenvalue weighted by Gasteiger charge is 2.84. The van der Waals surface area contributed by atoms with Gasteiger partial charge in [-0.1, -0.05) is 13.8 Å². The highest BCUT2D eigenvalue weighted by Crippen LogP contribution is 2.92. The van der Waals surface area contributed by atoms with Gasteiger partial charge in [0, 0.05) is 0 Å². The Morgan fingerprint density at radius 1 is 1.08 bits per heavy atom. The standard InChI is InChI=1S/C12H18/c1-10(2)9-3-8-4-11(6-9)7-12(10,11)5-8/h8-9H,3-7H2,1-2H3. The Morgan fingerprint density at radius 3 is 2.58 bits per heavy atom. The van der Waals surface area contributed by atoms with Crippen LogP contribution < -0.4 is 0 Å². The average Bonchev–Trinajstić information content (AvgIpc) is 2.45. The van der Waals surface area contributed by atoms with Crippen LogP contribution in [-0.2, 0) is 0 Å². The highest BCUT2D eigenvalue weighted by atomic mass is 14.9. The minimum Gasteiger partial charge on any atom is -0.0591 e. The molecule has 0 aromatic carbocycles. The van der Waals surface area contributed by atoms with E-state index >= 15 is 0 Å². The van der Waals surface area contributed by atoms with Crippen molar-refractivity contribution in [1.29, 1.82) is 0 Å². The van der Waals surface area contributed by atoms with Gasteiger partial charge in [-0.3, -0.25) is 0 Å². The SMILES string of the molecule is CC1(C)C2CC3CC4(C2)CC41C3. The van der Waals surface area contributed by atoms with Gasteiger partial charge in [0.05, 0.1) is 0 Å². The molecule has 0 radical (unpaired) electrons. The van der Waals surface area contributed by atoms with E-state index in [0.717, 1.165) is 28.1 Å². The molecule has 4 unspecified atom stereocenters. The van der Waals surface area contributed by atoms with Gasteiger partial charge in [-0.25, -0.2) is 0 Å². The summed E-state index contributed by atoms with van der Waals surface area (Å²) in [5.41, 5.74) is 2.50. The van der Waals surface area contributed by atoms with Crippen molar-refractivity contribution in [3.05, 3.63) is 0 Å². The molecule has 4 atom stereocenters. The molecule has 0 heteroatoms. The molecule has 0 N–H and O–H groups in total. The number of hydrogen-bond donors (Lipinski definition) is 0. The van der Waals surface area contributed by atoms with Crippen LogP contribution in [0.25, 0.3) is 0 Å². The molecule has 5 rings (SSSR count). The molecular formula is C12H18. The third kappa shape index (κ3) is 0.367. The molecule has 0 saturated heterocycles. The molecule has 0 amide bonds. The van der Waals surface area contributed by atoms with E-state index in [0.29, 0.717) is 0 Å². The molecule has 0 aromatic heterocycles. The summed E-state index contributed by atoms with van der Waals surface area (Å²) < 4.78 is 0. The molecule has 12 heavy (non-hydrogen) atoms. The third-order valence-electron chi connectivity index (χ3n) is 6.36. The van der Waals surface area contributed by atoms with E-state index in [1.54, 1.807) is 32.1 Å². The maximum atomic E-state index is 2.56. The first kappa shape index (κ1) is 6.45. The molecule has 4 bridgehead atoms. The highest BCUT2D eigenvalue weighted by molar-refractivity contribution is 5.33. The fourth-order valence-corrected chi connectivity index (χ4v) is 5.80. The zero-order valence-electron chi connectivity index (χ0n) is 8.19. The van der Waals surface area contributed by atoms with Gasteiger partial charge in [0.15, 0.2) is 0 Å². The van der Waals surface area contributed by atoms with Crippen molar-refractivity contribution in [2.24, 2.45) is 28.1 Å². The summed E-state index contributed by atoms with van der Waals surface area (Å²) in [6.45, 7) is 5.13. The van der Waals surface area contributed by atoms with Crippen molar-refractivity contribution < 1.29 is 0 Å². The van der Waals surface area contributed by atoms with Gasteiger partial charge in [-0.15, -0.1) is 0 Å². The molecule has 0 aromatic rings. The van der Waals surface area contributed by atoms with Crippen molar-refractivity contribution in [2.75, 3.05) is 0 Å². The largest absolute Gasteiger partial charge is 0.0591 e. The van der Waals surface area contributed by atoms with Crippen molar-refractivity contribution in [3.8, 4) is 0 Å². The monoisotopic (exact) mass is 162 g/mol. The molecule has 2 spiro atoms. The molecule has 5 saturated carbocycles. The third-order valence-corrected chi connectivity index (χ3v) is 6.36. The van der Waals surface area contributed by atoms with Gasteiger partial charge in [0.1, 0.15) is 0 Å². The van der Waals surface area contributed by atoms with E-state index in [9.17, 15) is 0 Å². The van der Waals surface area contributed by atoms with E-state index in [4.69, 9.17) is 0 Å². The van der Waals surface area contributed by atoms with Crippen LogP contribution in [0.4, 0.5) is 0 Å². The first-order chi connectivity index (χ1) is 5.60. The van der Waals surface area contributed by atoms with Crippen LogP contribution in [-0.4, -0.2) is 0 Å². The summed E-state index contributed by atoms with van der Waals surface area (Å²) in [5, 5.41) is 0. The van der Waals surface area contributed by atoms with Crippen LogP contribution in [0.15, 0.2) is 0 Å². The van der Waals surface area contributed by atoms with Crippen LogP contribution in [0.2, 0.25) is 0 Å². The molecular weight excluding hydrogens is 144 g/mol. The maximum Gasteiger partial charge on any atom is -0.0179 e. The summed E-state index contributed by atoms with van der Waals surface area (Å²) in [6, 6.07) is 0. The Kier molecular flexibility index (Phi) is 0.703. The smallest absolute Gasteiger partial charge is 0.0179 e. The summed E-state index contributed by atoms with van der Waals surface area (Å²) in [4.78, 5) is 0. The van der Waals surface area contributed by atoms with Gasteiger partial charge in [0.2, 0.25) is 0 Å². The lowest BCUT2D eigenvalue weighted by atomic mass is 9.60. The van der Waals surface area contributed by atoms with Crippen molar-refractivity contribution in [2.45, 2.75) is 46.0 Å². The van der Waals surface area contributed by atoms with Crippen LogP contribution in [0.5, 0.6) is 0 Å². The van der Waals surface area contributed by atoms with E-state index in [1.807, 2.05) is 0 Å². The predicted octanol–water partition coefficient (Wildman–Crippen LogP) is 3.22. The maximum absolute atomic E-state index is 2.56. The Labute approximate surface area is 74.7 Å². The number of hydrogen-bond acceptors (Lipinski definition) is 0. The van der Waals surface area contributed by atoms with Gasteiger partial charge in [-0.2, -0.15) is 0 Å². The summed E-state index contributed by atoms with van der Waals surface area (Å²) in [7, 11) is 0. The first-order valence-electron chi connectivity index (χ1n) is 5.60. The molecule has 0 nitrogen and oxygen atoms in total. The molecule has 5 fully saturated rings. The fraction of sp³-hybridized carbons (Fsp3) is 1.00. The van der Waals surface area contributed by atoms with Crippen molar-refractivity contribution in [1.82, 2.24) is 0 Å². The zero-order valence-corrected chi connectivity index (χ0v) is 8.19. The normalized spacial score (nSPS) is 68.5. The Hall–Kier alpha value is 0. The van der Waals surface area contributed by atoms with Crippen LogP contribution in [0, 0.1) is 28.1 Å². The van der Waals surface area contributed by atoms with E-state index in [-0.39, 0.29) is 0 Å². The average molecular weight is 162 g/mol. The van der Waals surface area contributed by atoms with Gasteiger partial charge >= 0.3 is 0 Å². The van der Waals surface area contributed by atoms with Crippen LogP contribution >= 0.6 is 0 Å². The van der Waals surface area contributed by atoms with Crippen LogP contribution in [0.1, 0.15) is 46.0 Å². The van der Waals surface area contributed by atoms with E-state index in [1.165, 1.54) is 0 Å². The lowest BCUT2D eigenvalue weighted by Gasteiger charge is -2.44. The van der Waals surface area contributed by atoms with E-state index in [2.05, 4.69) is 13.8 Å². The second-order valence-corrected chi connectivity index (χ2v) is 6.67. The minimum atomic E-state index is 0.722. The van der Waals surface area contributed by atoms with Crippen molar-refractivity contribution in [3.63, 3.8) is 0 Å². The minimum absolute atomic E-state index is 0.722. The van der Waals surface area contributed by atoms with Gasteiger partial charge in [0.25, 0.3) is 0 Å². The topological polar surface area (TPSA) is 0 Å². The molecule has 5 aliphatic carbocycles. The summed E-state index contributed by atoms with van der Waals surface area (Å²) in [6.07, 6.45) is 8.02. The van der Waals surface area contributed by atoms with Crippen LogP contribution in [0.3, 0.4) is 0 Å². The Morgan fingerprint density at radius 2 is 1.92 bits per heavy atom. The predicted molar refractivity (Wildman–Crippen MR) is 48.7 cm³/mol. The second kappa shape index (κ2) is 1.31. The number of rotatable bonds is 0. The lowest BCUT2D eigenvalue weighted by molar-refractivity contribution is 0.0508. The Bertz CT molecular complexity index is 278. The fourth-order valence-electron chi connectivity index (χ4n) is 5.80. The quantitative estimate of drug-likeness (QED) is 0.513. The van der Waals surface area contributed by atoms with Gasteiger partial charge in [-0.05, 0) is 60.2 Å². The zero-order chi connectivity index (χ0) is 8.19. The summed E-state index contributed by atoms with van der Waals surface area (Å²) >= 11 is 0. The summed E-state index contributed by atoms with van der Waals surface area (Å²) in [5.74, 6) is 2.27. The van der Waals surface area contributed by atoms with E-state index < -0.39 is 0 Å². The van der Waals surface area contributed by atoms with Crippen molar-refractivity contribution >= 4 is 0 Å². The molecule has 66 valence electrons. The molecule has 0 aliphatic heterocycles. The molecule has 0 heterocycles. The first-order valence-corrected chi connectivity index (χ1v) is 5.60. The van der Waals surface area contributed by atoms with Gasteiger partial charge < -0.3 is 0 Å². The second-order valence-electron chi connectivity index (χ2n) is 6.67. The molecule has 5 aliphatic rings. The Balaban J connectivity index is 1.96.